The maximum atomic E-state index is 12.1. The lowest BCUT2D eigenvalue weighted by Crippen LogP contribution is -2.59. The predicted molar refractivity (Wildman–Crippen MR) is 71.3 cm³/mol. The maximum absolute atomic E-state index is 12.1. The lowest BCUT2D eigenvalue weighted by atomic mass is 9.92. The minimum Gasteiger partial charge on any atom is -0.468 e. The number of nitrogens with one attached hydrogen (secondary N) is 1. The van der Waals surface area contributed by atoms with Crippen molar-refractivity contribution in [2.75, 3.05) is 34.3 Å². The van der Waals surface area contributed by atoms with Gasteiger partial charge in [-0.25, -0.2) is 4.79 Å². The molecule has 4 heteroatoms. The van der Waals surface area contributed by atoms with Gasteiger partial charge >= 0.3 is 5.97 Å². The van der Waals surface area contributed by atoms with Crippen molar-refractivity contribution in [1.29, 1.82) is 0 Å². The van der Waals surface area contributed by atoms with Gasteiger partial charge in [0.25, 0.3) is 0 Å². The van der Waals surface area contributed by atoms with Gasteiger partial charge in [0.05, 0.1) is 7.11 Å². The van der Waals surface area contributed by atoms with Crippen LogP contribution in [-0.2, 0) is 9.53 Å². The van der Waals surface area contributed by atoms with E-state index in [1.165, 1.54) is 13.5 Å². The van der Waals surface area contributed by atoms with Gasteiger partial charge in [0.15, 0.2) is 0 Å². The Kier molecular flexibility index (Phi) is 3.97. The van der Waals surface area contributed by atoms with Gasteiger partial charge in [-0.3, -0.25) is 0 Å². The second-order valence-corrected chi connectivity index (χ2v) is 6.16. The summed E-state index contributed by atoms with van der Waals surface area (Å²) >= 11 is 0. The fourth-order valence-corrected chi connectivity index (χ4v) is 3.05. The lowest BCUT2D eigenvalue weighted by molar-refractivity contribution is -0.150. The van der Waals surface area contributed by atoms with E-state index in [9.17, 15) is 4.79 Å². The Morgan fingerprint density at radius 3 is 2.50 bits per heavy atom. The summed E-state index contributed by atoms with van der Waals surface area (Å²) in [6, 6.07) is 0. The van der Waals surface area contributed by atoms with Gasteiger partial charge in [-0.1, -0.05) is 6.92 Å². The number of ether oxygens (including phenoxy) is 1. The number of methoxy groups -OCH3 is 1. The van der Waals surface area contributed by atoms with Crippen LogP contribution in [0.25, 0.3) is 0 Å². The molecule has 0 amide bonds. The van der Waals surface area contributed by atoms with Crippen molar-refractivity contribution < 1.29 is 9.53 Å². The highest BCUT2D eigenvalue weighted by Gasteiger charge is 2.51. The Bertz CT molecular complexity index is 317. The molecule has 2 fully saturated rings. The number of carbonyl (C=O) groups is 1. The second kappa shape index (κ2) is 5.17. The Morgan fingerprint density at radius 2 is 2.11 bits per heavy atom. The van der Waals surface area contributed by atoms with Crippen molar-refractivity contribution in [3.63, 3.8) is 0 Å². The molecule has 0 heterocycles. The van der Waals surface area contributed by atoms with Crippen LogP contribution in [0.15, 0.2) is 0 Å². The van der Waals surface area contributed by atoms with Gasteiger partial charge < -0.3 is 15.0 Å². The largest absolute Gasteiger partial charge is 0.468 e. The van der Waals surface area contributed by atoms with Gasteiger partial charge in [0.2, 0.25) is 0 Å². The Morgan fingerprint density at radius 1 is 1.50 bits per heavy atom. The third-order valence-electron chi connectivity index (χ3n) is 4.61. The monoisotopic (exact) mass is 254 g/mol. The van der Waals surface area contributed by atoms with E-state index in [1.807, 2.05) is 7.05 Å². The van der Waals surface area contributed by atoms with Crippen molar-refractivity contribution in [2.24, 2.45) is 17.8 Å². The zero-order valence-corrected chi connectivity index (χ0v) is 12.0. The van der Waals surface area contributed by atoms with E-state index < -0.39 is 5.54 Å². The van der Waals surface area contributed by atoms with E-state index in [-0.39, 0.29) is 5.97 Å². The highest BCUT2D eigenvalue weighted by atomic mass is 16.5. The SMILES string of the molecule is CNC(CN(C)CC1CC1C)(C(=O)OC)C1CC1. The molecular weight excluding hydrogens is 228 g/mol. The van der Waals surface area contributed by atoms with Crippen LogP contribution >= 0.6 is 0 Å². The highest BCUT2D eigenvalue weighted by molar-refractivity contribution is 5.82. The molecule has 1 N–H and O–H groups in total. The molecule has 2 aliphatic rings. The first-order chi connectivity index (χ1) is 8.53. The number of nitrogens with zero attached hydrogens (tertiary/aromatic N) is 1. The first kappa shape index (κ1) is 13.8. The highest BCUT2D eigenvalue weighted by Crippen LogP contribution is 2.42. The van der Waals surface area contributed by atoms with Gasteiger partial charge in [0, 0.05) is 13.1 Å². The molecule has 0 radical (unpaired) electrons. The van der Waals surface area contributed by atoms with Crippen LogP contribution in [0.5, 0.6) is 0 Å². The van der Waals surface area contributed by atoms with Crippen molar-refractivity contribution in [1.82, 2.24) is 10.2 Å². The van der Waals surface area contributed by atoms with Crippen LogP contribution in [0.2, 0.25) is 0 Å². The van der Waals surface area contributed by atoms with E-state index in [2.05, 4.69) is 24.2 Å². The number of likely N-dealkylation sites (N-methyl/N-ethyl adjacent to an activating group) is 2. The molecule has 0 aromatic heterocycles. The van der Waals surface area contributed by atoms with Crippen LogP contribution in [0.1, 0.15) is 26.2 Å². The molecule has 2 aliphatic carbocycles. The molecule has 18 heavy (non-hydrogen) atoms. The maximum Gasteiger partial charge on any atom is 0.327 e. The molecule has 0 bridgehead atoms. The van der Waals surface area contributed by atoms with Gasteiger partial charge in [-0.2, -0.15) is 0 Å². The minimum absolute atomic E-state index is 0.108. The summed E-state index contributed by atoms with van der Waals surface area (Å²) in [5.74, 6) is 2.01. The molecule has 0 saturated heterocycles. The summed E-state index contributed by atoms with van der Waals surface area (Å²) in [5, 5.41) is 3.25. The molecular formula is C14H26N2O2. The Hall–Kier alpha value is -0.610. The summed E-state index contributed by atoms with van der Waals surface area (Å²) in [7, 11) is 5.48. The fraction of sp³-hybridized carbons (Fsp3) is 0.929. The molecule has 4 nitrogen and oxygen atoms in total. The standard InChI is InChI=1S/C14H26N2O2/c1-10-7-11(10)8-16(3)9-14(15-2,12-5-6-12)13(17)18-4/h10-12,15H,5-9H2,1-4H3. The van der Waals surface area contributed by atoms with E-state index in [1.54, 1.807) is 0 Å². The van der Waals surface area contributed by atoms with Crippen LogP contribution in [0.3, 0.4) is 0 Å². The van der Waals surface area contributed by atoms with Gasteiger partial charge in [-0.05, 0) is 51.1 Å². The summed E-state index contributed by atoms with van der Waals surface area (Å²) < 4.78 is 5.02. The first-order valence-electron chi connectivity index (χ1n) is 6.99. The number of hydrogen-bond donors (Lipinski definition) is 1. The van der Waals surface area contributed by atoms with Crippen molar-refractivity contribution in [3.05, 3.63) is 0 Å². The molecule has 0 spiro atoms. The average Bonchev–Trinajstić information content (AvgIpc) is 3.24. The Balaban J connectivity index is 1.97. The van der Waals surface area contributed by atoms with Crippen molar-refractivity contribution in [3.8, 4) is 0 Å². The van der Waals surface area contributed by atoms with Crippen molar-refractivity contribution >= 4 is 5.97 Å². The topological polar surface area (TPSA) is 41.6 Å². The van der Waals surface area contributed by atoms with Crippen LogP contribution in [-0.4, -0.2) is 50.7 Å². The molecule has 2 rings (SSSR count). The first-order valence-corrected chi connectivity index (χ1v) is 6.99. The molecule has 2 saturated carbocycles. The fourth-order valence-electron chi connectivity index (χ4n) is 3.05. The van der Waals surface area contributed by atoms with E-state index in [4.69, 9.17) is 4.74 Å². The number of esters is 1. The van der Waals surface area contributed by atoms with Crippen LogP contribution < -0.4 is 5.32 Å². The zero-order chi connectivity index (χ0) is 13.3. The smallest absolute Gasteiger partial charge is 0.327 e. The van der Waals surface area contributed by atoms with Crippen LogP contribution in [0.4, 0.5) is 0 Å². The quantitative estimate of drug-likeness (QED) is 0.691. The van der Waals surface area contributed by atoms with Crippen molar-refractivity contribution in [2.45, 2.75) is 31.7 Å². The summed E-state index contributed by atoms with van der Waals surface area (Å²) in [5.41, 5.74) is -0.498. The predicted octanol–water partition coefficient (Wildman–Crippen LogP) is 1.12. The van der Waals surface area contributed by atoms with Gasteiger partial charge in [0.1, 0.15) is 5.54 Å². The molecule has 104 valence electrons. The van der Waals surface area contributed by atoms with Crippen LogP contribution in [0, 0.1) is 17.8 Å². The van der Waals surface area contributed by atoms with Gasteiger partial charge in [-0.15, -0.1) is 0 Å². The second-order valence-electron chi connectivity index (χ2n) is 6.16. The third-order valence-corrected chi connectivity index (χ3v) is 4.61. The lowest BCUT2D eigenvalue weighted by Gasteiger charge is -2.34. The Labute approximate surface area is 110 Å². The normalized spacial score (nSPS) is 30.1. The number of carbonyl (C=O) groups excluding carboxylic acids is 1. The summed E-state index contributed by atoms with van der Waals surface area (Å²) in [4.78, 5) is 14.4. The minimum atomic E-state index is -0.498. The average molecular weight is 254 g/mol. The molecule has 0 aliphatic heterocycles. The molecule has 0 aromatic carbocycles. The number of hydrogen-bond acceptors (Lipinski definition) is 4. The molecule has 3 atom stereocenters. The number of rotatable bonds is 7. The zero-order valence-electron chi connectivity index (χ0n) is 12.0. The summed E-state index contributed by atoms with van der Waals surface area (Å²) in [6.45, 7) is 4.14. The summed E-state index contributed by atoms with van der Waals surface area (Å²) in [6.07, 6.45) is 3.59. The van der Waals surface area contributed by atoms with E-state index in [0.29, 0.717) is 5.92 Å². The molecule has 0 aromatic rings. The third kappa shape index (κ3) is 2.69. The van der Waals surface area contributed by atoms with E-state index >= 15 is 0 Å². The van der Waals surface area contributed by atoms with E-state index in [0.717, 1.165) is 37.8 Å². The molecule has 3 unspecified atom stereocenters.